The quantitative estimate of drug-likeness (QED) is 0.774. The van der Waals surface area contributed by atoms with E-state index in [1.807, 2.05) is 0 Å². The van der Waals surface area contributed by atoms with E-state index in [4.69, 9.17) is 0 Å². The van der Waals surface area contributed by atoms with E-state index >= 15 is 0 Å². The number of benzene rings is 2. The molecule has 0 aliphatic carbocycles. The topological polar surface area (TPSA) is 3.24 Å². The third kappa shape index (κ3) is 3.74. The molecule has 0 amide bonds. The molecule has 0 fully saturated rings. The summed E-state index contributed by atoms with van der Waals surface area (Å²) in [6.45, 7) is 5.59. The summed E-state index contributed by atoms with van der Waals surface area (Å²) in [5.74, 6) is 0. The lowest BCUT2D eigenvalue weighted by Crippen LogP contribution is -2.29. The van der Waals surface area contributed by atoms with Gasteiger partial charge < -0.3 is 0 Å². The van der Waals surface area contributed by atoms with Crippen LogP contribution in [-0.4, -0.2) is 11.4 Å². The molecule has 0 radical (unpaired) electrons. The van der Waals surface area contributed by atoms with Crippen LogP contribution in [0.1, 0.15) is 42.0 Å². The zero-order chi connectivity index (χ0) is 14.5. The first-order valence-electron chi connectivity index (χ1n) is 8.22. The molecule has 0 saturated heterocycles. The Morgan fingerprint density at radius 2 is 1.62 bits per heavy atom. The third-order valence-corrected chi connectivity index (χ3v) is 4.46. The van der Waals surface area contributed by atoms with E-state index in [0.717, 1.165) is 13.1 Å². The second-order valence-electron chi connectivity index (χ2n) is 6.15. The number of unbranched alkanes of at least 4 members (excludes halogenated alkanes) is 1. The molecule has 0 bridgehead atoms. The summed E-state index contributed by atoms with van der Waals surface area (Å²) in [5.41, 5.74) is 5.95. The first-order chi connectivity index (χ1) is 10.3. The van der Waals surface area contributed by atoms with Crippen molar-refractivity contribution in [1.82, 2.24) is 4.90 Å². The third-order valence-electron chi connectivity index (χ3n) is 4.46. The Balaban J connectivity index is 1.60. The number of rotatable bonds is 5. The van der Waals surface area contributed by atoms with Crippen molar-refractivity contribution in [1.29, 1.82) is 0 Å². The van der Waals surface area contributed by atoms with Crippen molar-refractivity contribution in [2.75, 3.05) is 6.54 Å². The maximum absolute atomic E-state index is 2.56. The summed E-state index contributed by atoms with van der Waals surface area (Å²) in [6.07, 6.45) is 4.97. The van der Waals surface area contributed by atoms with E-state index in [1.165, 1.54) is 54.5 Å². The van der Waals surface area contributed by atoms with E-state index in [1.54, 1.807) is 0 Å². The molecule has 1 nitrogen and oxygen atoms in total. The monoisotopic (exact) mass is 279 g/mol. The lowest BCUT2D eigenvalue weighted by molar-refractivity contribution is 0.245. The molecule has 1 heterocycles. The minimum atomic E-state index is 1.07. The van der Waals surface area contributed by atoms with Gasteiger partial charge in [0.2, 0.25) is 0 Å². The van der Waals surface area contributed by atoms with Crippen molar-refractivity contribution in [3.8, 4) is 0 Å². The highest BCUT2D eigenvalue weighted by Gasteiger charge is 2.15. The molecule has 0 spiro atoms. The van der Waals surface area contributed by atoms with Crippen LogP contribution < -0.4 is 0 Å². The second kappa shape index (κ2) is 6.91. The lowest BCUT2D eigenvalue weighted by Gasteiger charge is -2.28. The van der Waals surface area contributed by atoms with Gasteiger partial charge in [0.1, 0.15) is 0 Å². The van der Waals surface area contributed by atoms with Crippen molar-refractivity contribution in [2.24, 2.45) is 0 Å². The molecular weight excluding hydrogens is 254 g/mol. The van der Waals surface area contributed by atoms with Gasteiger partial charge >= 0.3 is 0 Å². The first-order valence-corrected chi connectivity index (χ1v) is 8.22. The number of fused-ring (bicyclic) bond motifs is 1. The van der Waals surface area contributed by atoms with Crippen LogP contribution >= 0.6 is 0 Å². The Morgan fingerprint density at radius 3 is 2.38 bits per heavy atom. The molecule has 0 atom stereocenters. The van der Waals surface area contributed by atoms with E-state index in [-0.39, 0.29) is 0 Å². The zero-order valence-electron chi connectivity index (χ0n) is 13.0. The van der Waals surface area contributed by atoms with Gasteiger partial charge in [0, 0.05) is 19.6 Å². The van der Waals surface area contributed by atoms with Crippen LogP contribution in [0, 0.1) is 0 Å². The summed E-state index contributed by atoms with van der Waals surface area (Å²) in [5, 5.41) is 0. The Hall–Kier alpha value is -1.60. The highest BCUT2D eigenvalue weighted by atomic mass is 15.1. The van der Waals surface area contributed by atoms with Gasteiger partial charge in [-0.1, -0.05) is 61.9 Å². The van der Waals surface area contributed by atoms with Crippen LogP contribution in [0.15, 0.2) is 48.5 Å². The number of hydrogen-bond donors (Lipinski definition) is 0. The molecule has 2 aromatic rings. The number of aryl methyl sites for hydroxylation is 1. The average molecular weight is 279 g/mol. The first kappa shape index (κ1) is 14.3. The Kier molecular flexibility index (Phi) is 4.72. The van der Waals surface area contributed by atoms with Crippen LogP contribution in [0.5, 0.6) is 0 Å². The molecule has 0 saturated carbocycles. The highest BCUT2D eigenvalue weighted by molar-refractivity contribution is 5.29. The average Bonchev–Trinajstić information content (AvgIpc) is 2.54. The van der Waals surface area contributed by atoms with E-state index in [0.29, 0.717) is 0 Å². The molecule has 2 aromatic carbocycles. The van der Waals surface area contributed by atoms with Crippen molar-refractivity contribution >= 4 is 0 Å². The normalized spacial score (nSPS) is 14.9. The van der Waals surface area contributed by atoms with Crippen LogP contribution in [0.2, 0.25) is 0 Å². The molecule has 110 valence electrons. The summed E-state index contributed by atoms with van der Waals surface area (Å²) in [4.78, 5) is 2.56. The maximum atomic E-state index is 2.56. The number of nitrogens with zero attached hydrogens (tertiary/aromatic N) is 1. The smallest absolute Gasteiger partial charge is 0.0240 e. The fourth-order valence-corrected chi connectivity index (χ4v) is 3.14. The van der Waals surface area contributed by atoms with Crippen LogP contribution in [-0.2, 0) is 25.9 Å². The maximum Gasteiger partial charge on any atom is 0.0240 e. The second-order valence-corrected chi connectivity index (χ2v) is 6.15. The predicted molar refractivity (Wildman–Crippen MR) is 89.3 cm³/mol. The highest BCUT2D eigenvalue weighted by Crippen LogP contribution is 2.20. The fourth-order valence-electron chi connectivity index (χ4n) is 3.14. The van der Waals surface area contributed by atoms with Gasteiger partial charge in [0.05, 0.1) is 0 Å². The van der Waals surface area contributed by atoms with Gasteiger partial charge in [0.15, 0.2) is 0 Å². The SMILES string of the molecule is CCCCc1ccc(CN2CCc3ccccc3C2)cc1. The Labute approximate surface area is 128 Å². The van der Waals surface area contributed by atoms with Gasteiger partial charge in [-0.05, 0) is 41.5 Å². The van der Waals surface area contributed by atoms with Crippen LogP contribution in [0.3, 0.4) is 0 Å². The summed E-state index contributed by atoms with van der Waals surface area (Å²) >= 11 is 0. The van der Waals surface area contributed by atoms with E-state index < -0.39 is 0 Å². The van der Waals surface area contributed by atoms with E-state index in [2.05, 4.69) is 60.4 Å². The van der Waals surface area contributed by atoms with Gasteiger partial charge in [-0.2, -0.15) is 0 Å². The molecule has 0 aromatic heterocycles. The summed E-state index contributed by atoms with van der Waals surface area (Å²) in [7, 11) is 0. The molecule has 1 heteroatoms. The van der Waals surface area contributed by atoms with Crippen molar-refractivity contribution in [2.45, 2.75) is 45.7 Å². The van der Waals surface area contributed by atoms with Gasteiger partial charge in [-0.15, -0.1) is 0 Å². The van der Waals surface area contributed by atoms with Gasteiger partial charge in [-0.25, -0.2) is 0 Å². The zero-order valence-corrected chi connectivity index (χ0v) is 13.0. The molecule has 1 aliphatic rings. The molecule has 0 N–H and O–H groups in total. The summed E-state index contributed by atoms with van der Waals surface area (Å²) in [6, 6.07) is 18.1. The Morgan fingerprint density at radius 1 is 0.905 bits per heavy atom. The molecule has 1 aliphatic heterocycles. The molecular formula is C20H25N. The largest absolute Gasteiger partial charge is 0.294 e. The lowest BCUT2D eigenvalue weighted by atomic mass is 9.99. The summed E-state index contributed by atoms with van der Waals surface area (Å²) < 4.78 is 0. The predicted octanol–water partition coefficient (Wildman–Crippen LogP) is 4.59. The minimum absolute atomic E-state index is 1.07. The standard InChI is InChI=1S/C20H25N/c1-2-3-6-17-9-11-18(12-10-17)15-21-14-13-19-7-4-5-8-20(19)16-21/h4-5,7-12H,2-3,6,13-16H2,1H3. The fraction of sp³-hybridized carbons (Fsp3) is 0.400. The molecule has 3 rings (SSSR count). The van der Waals surface area contributed by atoms with Crippen molar-refractivity contribution < 1.29 is 0 Å². The minimum Gasteiger partial charge on any atom is -0.294 e. The van der Waals surface area contributed by atoms with E-state index in [9.17, 15) is 0 Å². The van der Waals surface area contributed by atoms with Crippen LogP contribution in [0.4, 0.5) is 0 Å². The Bertz CT molecular complexity index is 571. The van der Waals surface area contributed by atoms with Gasteiger partial charge in [0.25, 0.3) is 0 Å². The van der Waals surface area contributed by atoms with Gasteiger partial charge in [-0.3, -0.25) is 4.90 Å². The van der Waals surface area contributed by atoms with Crippen molar-refractivity contribution in [3.05, 3.63) is 70.8 Å². The number of hydrogen-bond acceptors (Lipinski definition) is 1. The molecule has 21 heavy (non-hydrogen) atoms. The molecule has 0 unspecified atom stereocenters. The van der Waals surface area contributed by atoms with Crippen LogP contribution in [0.25, 0.3) is 0 Å². The van der Waals surface area contributed by atoms with Crippen molar-refractivity contribution in [3.63, 3.8) is 0 Å².